The lowest BCUT2D eigenvalue weighted by Crippen LogP contribution is -2.53. The highest BCUT2D eigenvalue weighted by atomic mass is 16.7. The molecule has 2 amide bonds. The first-order valence-corrected chi connectivity index (χ1v) is 12.2. The molecule has 1 N–H and O–H groups in total. The zero-order valence-corrected chi connectivity index (χ0v) is 20.5. The van der Waals surface area contributed by atoms with Gasteiger partial charge in [0.25, 0.3) is 0 Å². The van der Waals surface area contributed by atoms with E-state index in [1.54, 1.807) is 24.0 Å². The molecule has 1 aromatic carbocycles. The second kappa shape index (κ2) is 11.6. The van der Waals surface area contributed by atoms with E-state index in [4.69, 9.17) is 9.47 Å². The summed E-state index contributed by atoms with van der Waals surface area (Å²) >= 11 is 0. The summed E-state index contributed by atoms with van der Waals surface area (Å²) in [5.74, 6) is -1.34. The summed E-state index contributed by atoms with van der Waals surface area (Å²) in [7, 11) is 0. The van der Waals surface area contributed by atoms with Gasteiger partial charge in [-0.1, -0.05) is 51.1 Å². The average Bonchev–Trinajstić information content (AvgIpc) is 3.41. The van der Waals surface area contributed by atoms with E-state index in [2.05, 4.69) is 5.32 Å². The molecular formula is C26H36N2O6. The lowest BCUT2D eigenvalue weighted by Gasteiger charge is -2.33. The van der Waals surface area contributed by atoms with Crippen molar-refractivity contribution in [2.24, 2.45) is 17.8 Å². The van der Waals surface area contributed by atoms with Gasteiger partial charge in [-0.2, -0.15) is 0 Å². The third-order valence-corrected chi connectivity index (χ3v) is 6.68. The van der Waals surface area contributed by atoms with Crippen LogP contribution in [0.1, 0.15) is 63.7 Å². The van der Waals surface area contributed by atoms with Gasteiger partial charge in [0, 0.05) is 31.1 Å². The highest BCUT2D eigenvalue weighted by molar-refractivity contribution is 5.96. The summed E-state index contributed by atoms with van der Waals surface area (Å²) in [4.78, 5) is 52.9. The van der Waals surface area contributed by atoms with E-state index in [1.807, 2.05) is 39.0 Å². The van der Waals surface area contributed by atoms with Crippen LogP contribution in [0.4, 0.5) is 0 Å². The van der Waals surface area contributed by atoms with Crippen LogP contribution < -0.4 is 5.32 Å². The van der Waals surface area contributed by atoms with E-state index < -0.39 is 24.3 Å². The van der Waals surface area contributed by atoms with E-state index in [0.29, 0.717) is 25.1 Å². The largest absolute Gasteiger partial charge is 0.433 e. The van der Waals surface area contributed by atoms with Crippen LogP contribution in [0.2, 0.25) is 0 Å². The molecule has 0 unspecified atom stereocenters. The van der Waals surface area contributed by atoms with Gasteiger partial charge in [0.05, 0.1) is 6.42 Å². The Balaban J connectivity index is 1.68. The molecule has 3 rings (SSSR count). The second-order valence-electron chi connectivity index (χ2n) is 9.56. The molecule has 5 atom stereocenters. The average molecular weight is 473 g/mol. The minimum atomic E-state index is -0.806. The number of hydrogen-bond donors (Lipinski definition) is 1. The van der Waals surface area contributed by atoms with Crippen LogP contribution in [0.25, 0.3) is 0 Å². The lowest BCUT2D eigenvalue weighted by molar-refractivity contribution is -0.164. The number of ketones is 1. The number of cyclic esters (lactones) is 1. The predicted octanol–water partition coefficient (Wildman–Crippen LogP) is 2.95. The Bertz CT molecular complexity index is 887. The summed E-state index contributed by atoms with van der Waals surface area (Å²) < 4.78 is 10.6. The van der Waals surface area contributed by atoms with Crippen LogP contribution >= 0.6 is 0 Å². The maximum absolute atomic E-state index is 13.6. The highest BCUT2D eigenvalue weighted by Crippen LogP contribution is 2.31. The molecule has 2 fully saturated rings. The first-order chi connectivity index (χ1) is 16.2. The van der Waals surface area contributed by atoms with E-state index in [1.165, 1.54) is 0 Å². The van der Waals surface area contributed by atoms with E-state index >= 15 is 0 Å². The fourth-order valence-electron chi connectivity index (χ4n) is 5.09. The van der Waals surface area contributed by atoms with E-state index in [0.717, 1.165) is 6.42 Å². The zero-order valence-electron chi connectivity index (χ0n) is 20.5. The third-order valence-electron chi connectivity index (χ3n) is 6.68. The van der Waals surface area contributed by atoms with Crippen molar-refractivity contribution < 1.29 is 28.7 Å². The number of carbonyl (C=O) groups is 4. The van der Waals surface area contributed by atoms with Crippen LogP contribution in [0.15, 0.2) is 30.3 Å². The number of ether oxygens (including phenoxy) is 2. The number of benzene rings is 1. The van der Waals surface area contributed by atoms with Gasteiger partial charge in [0.2, 0.25) is 18.1 Å². The summed E-state index contributed by atoms with van der Waals surface area (Å²) in [6.45, 7) is 8.53. The number of amides is 2. The van der Waals surface area contributed by atoms with Crippen molar-refractivity contribution in [1.82, 2.24) is 10.2 Å². The summed E-state index contributed by atoms with van der Waals surface area (Å²) in [6, 6.07) is 7.92. The summed E-state index contributed by atoms with van der Waals surface area (Å²) in [5, 5.41) is 2.86. The van der Waals surface area contributed by atoms with Crippen LogP contribution in [-0.4, -0.2) is 60.0 Å². The quantitative estimate of drug-likeness (QED) is 0.415. The number of nitrogens with zero attached hydrogens (tertiary/aromatic N) is 1. The monoisotopic (exact) mass is 472 g/mol. The summed E-state index contributed by atoms with van der Waals surface area (Å²) in [6.07, 6.45) is 0.784. The molecule has 0 radical (unpaired) electrons. The molecule has 2 heterocycles. The molecule has 1 aromatic rings. The van der Waals surface area contributed by atoms with Gasteiger partial charge in [-0.15, -0.1) is 0 Å². The molecule has 8 nitrogen and oxygen atoms in total. The minimum Gasteiger partial charge on any atom is -0.433 e. The van der Waals surface area contributed by atoms with Crippen LogP contribution in [-0.2, 0) is 23.9 Å². The third kappa shape index (κ3) is 6.03. The van der Waals surface area contributed by atoms with Crippen molar-refractivity contribution in [2.45, 2.75) is 71.8 Å². The Morgan fingerprint density at radius 2 is 1.88 bits per heavy atom. The number of esters is 1. The molecule has 2 aliphatic heterocycles. The molecule has 0 aliphatic carbocycles. The first-order valence-electron chi connectivity index (χ1n) is 12.2. The maximum Gasteiger partial charge on any atom is 0.310 e. The van der Waals surface area contributed by atoms with Gasteiger partial charge >= 0.3 is 5.97 Å². The Morgan fingerprint density at radius 3 is 2.53 bits per heavy atom. The van der Waals surface area contributed by atoms with Gasteiger partial charge in [-0.3, -0.25) is 19.2 Å². The fraction of sp³-hybridized carbons (Fsp3) is 0.615. The molecule has 2 saturated heterocycles. The Hall–Kier alpha value is -2.74. The normalized spacial score (nSPS) is 24.1. The highest BCUT2D eigenvalue weighted by Gasteiger charge is 2.43. The number of carbonyl (C=O) groups excluding carboxylic acids is 4. The molecular weight excluding hydrogens is 436 g/mol. The molecule has 34 heavy (non-hydrogen) atoms. The van der Waals surface area contributed by atoms with Crippen LogP contribution in [0.3, 0.4) is 0 Å². The minimum absolute atomic E-state index is 0.00938. The van der Waals surface area contributed by atoms with Gasteiger partial charge in [-0.05, 0) is 31.6 Å². The van der Waals surface area contributed by atoms with Gasteiger partial charge in [0.1, 0.15) is 12.1 Å². The topological polar surface area (TPSA) is 102 Å². The van der Waals surface area contributed by atoms with E-state index in [9.17, 15) is 19.2 Å². The molecule has 0 saturated carbocycles. The SMILES string of the molecule is CCO[C@@H]1OC(=O)C[C@@H]1NC(=O)[C@@H]1CCCN1C(=O)[C@H](C(C)C)[C@H](C)CC(=O)c1ccccc1. The maximum atomic E-state index is 13.6. The Labute approximate surface area is 201 Å². The number of hydrogen-bond acceptors (Lipinski definition) is 6. The van der Waals surface area contributed by atoms with Gasteiger partial charge in [-0.25, -0.2) is 0 Å². The van der Waals surface area contributed by atoms with Crippen molar-refractivity contribution in [1.29, 1.82) is 0 Å². The number of rotatable bonds is 10. The Morgan fingerprint density at radius 1 is 1.18 bits per heavy atom. The molecule has 0 aromatic heterocycles. The first kappa shape index (κ1) is 25.9. The number of likely N-dealkylation sites (tertiary alicyclic amines) is 1. The second-order valence-corrected chi connectivity index (χ2v) is 9.56. The lowest BCUT2D eigenvalue weighted by atomic mass is 9.80. The summed E-state index contributed by atoms with van der Waals surface area (Å²) in [5.41, 5.74) is 0.639. The van der Waals surface area contributed by atoms with Gasteiger partial charge in [0.15, 0.2) is 5.78 Å². The predicted molar refractivity (Wildman–Crippen MR) is 126 cm³/mol. The molecule has 0 spiro atoms. The van der Waals surface area contributed by atoms with Crippen molar-refractivity contribution in [2.75, 3.05) is 13.2 Å². The van der Waals surface area contributed by atoms with Crippen molar-refractivity contribution in [3.05, 3.63) is 35.9 Å². The molecule has 0 bridgehead atoms. The molecule has 186 valence electrons. The van der Waals surface area contributed by atoms with Crippen molar-refractivity contribution >= 4 is 23.6 Å². The fourth-order valence-corrected chi connectivity index (χ4v) is 5.09. The number of nitrogens with one attached hydrogen (secondary N) is 1. The standard InChI is InChI=1S/C26H36N2O6/c1-5-33-26-19(15-22(30)34-26)27-24(31)20-12-9-13-28(20)25(32)23(16(2)3)17(4)14-21(29)18-10-7-6-8-11-18/h6-8,10-11,16-17,19-20,23,26H,5,9,12-15H2,1-4H3,(H,27,31)/t17-,19+,20+,23-,26-/m1/s1. The molecule has 8 heteroatoms. The smallest absolute Gasteiger partial charge is 0.310 e. The van der Waals surface area contributed by atoms with Gasteiger partial charge < -0.3 is 19.7 Å². The Kier molecular flexibility index (Phi) is 8.83. The van der Waals surface area contributed by atoms with Crippen molar-refractivity contribution in [3.63, 3.8) is 0 Å². The number of Topliss-reactive ketones (excluding diaryl/α,β-unsaturated/α-hetero) is 1. The van der Waals surface area contributed by atoms with E-state index in [-0.39, 0.29) is 48.2 Å². The van der Waals surface area contributed by atoms with Crippen LogP contribution in [0.5, 0.6) is 0 Å². The van der Waals surface area contributed by atoms with Crippen LogP contribution in [0, 0.1) is 17.8 Å². The van der Waals surface area contributed by atoms with Crippen molar-refractivity contribution in [3.8, 4) is 0 Å². The zero-order chi connectivity index (χ0) is 24.8. The molecule has 2 aliphatic rings.